The zero-order valence-corrected chi connectivity index (χ0v) is 6.37. The number of hydrogen-bond donors (Lipinski definition) is 1. The molecule has 0 spiro atoms. The maximum Gasteiger partial charge on any atom is 0.122 e. The number of furan rings is 1. The molecule has 11 heavy (non-hydrogen) atoms. The lowest BCUT2D eigenvalue weighted by atomic mass is 10.1. The molecule has 0 aliphatic rings. The number of nitrogens with zero attached hydrogens (tertiary/aromatic N) is 1. The quantitative estimate of drug-likeness (QED) is 0.692. The van der Waals surface area contributed by atoms with Gasteiger partial charge in [0.05, 0.1) is 18.6 Å². The van der Waals surface area contributed by atoms with Gasteiger partial charge < -0.3 is 10.2 Å². The van der Waals surface area contributed by atoms with Crippen molar-refractivity contribution in [3.8, 4) is 6.07 Å². The third-order valence-electron chi connectivity index (χ3n) is 1.63. The van der Waals surface area contributed by atoms with E-state index in [1.165, 1.54) is 6.26 Å². The van der Waals surface area contributed by atoms with Crippen LogP contribution in [0.5, 0.6) is 0 Å². The van der Waals surface area contributed by atoms with Crippen LogP contribution in [0.4, 0.5) is 0 Å². The summed E-state index contributed by atoms with van der Waals surface area (Å²) >= 11 is 0. The van der Waals surface area contributed by atoms with Crippen LogP contribution in [0.15, 0.2) is 16.9 Å². The molecule has 2 N–H and O–H groups in total. The molecule has 0 saturated heterocycles. The molecular formula is C8H10N2O. The predicted molar refractivity (Wildman–Crippen MR) is 40.6 cm³/mol. The Hall–Kier alpha value is -1.27. The van der Waals surface area contributed by atoms with Crippen LogP contribution in [0, 0.1) is 11.3 Å². The summed E-state index contributed by atoms with van der Waals surface area (Å²) in [6, 6.07) is 1.41. The highest BCUT2D eigenvalue weighted by atomic mass is 16.3. The van der Waals surface area contributed by atoms with Gasteiger partial charge in [0.25, 0.3) is 0 Å². The van der Waals surface area contributed by atoms with Crippen molar-refractivity contribution in [1.82, 2.24) is 0 Å². The highest BCUT2D eigenvalue weighted by molar-refractivity contribution is 5.28. The van der Waals surface area contributed by atoms with Crippen LogP contribution in [-0.4, -0.2) is 0 Å². The second-order valence-electron chi connectivity index (χ2n) is 2.31. The minimum absolute atomic E-state index is 0.552. The molecule has 58 valence electrons. The van der Waals surface area contributed by atoms with Crippen LogP contribution in [0.25, 0.3) is 0 Å². The first-order valence-electron chi connectivity index (χ1n) is 3.49. The van der Waals surface area contributed by atoms with Crippen LogP contribution >= 0.6 is 0 Å². The van der Waals surface area contributed by atoms with Crippen molar-refractivity contribution in [2.75, 3.05) is 0 Å². The highest BCUT2D eigenvalue weighted by Gasteiger charge is 2.10. The third kappa shape index (κ3) is 1.41. The molecule has 3 heteroatoms. The number of nitrogens with two attached hydrogens (primary N) is 1. The van der Waals surface area contributed by atoms with Gasteiger partial charge in [0.15, 0.2) is 0 Å². The zero-order chi connectivity index (χ0) is 8.27. The van der Waals surface area contributed by atoms with Gasteiger partial charge in [-0.1, -0.05) is 6.92 Å². The predicted octanol–water partition coefficient (Wildman–Crippen LogP) is 1.37. The smallest absolute Gasteiger partial charge is 0.122 e. The molecule has 0 saturated carbocycles. The number of nitriles is 1. The lowest BCUT2D eigenvalue weighted by Gasteiger charge is -1.99. The lowest BCUT2D eigenvalue weighted by molar-refractivity contribution is 0.560. The molecule has 0 radical (unpaired) electrons. The van der Waals surface area contributed by atoms with E-state index in [0.717, 1.165) is 17.5 Å². The number of rotatable bonds is 2. The van der Waals surface area contributed by atoms with Crippen LogP contribution in [0.1, 0.15) is 24.1 Å². The lowest BCUT2D eigenvalue weighted by Crippen LogP contribution is -2.07. The van der Waals surface area contributed by atoms with Crippen molar-refractivity contribution < 1.29 is 4.42 Å². The van der Waals surface area contributed by atoms with Crippen LogP contribution in [0.3, 0.4) is 0 Å². The van der Waals surface area contributed by atoms with E-state index in [-0.39, 0.29) is 0 Å². The van der Waals surface area contributed by atoms with E-state index in [9.17, 15) is 0 Å². The van der Waals surface area contributed by atoms with E-state index < -0.39 is 6.04 Å². The molecule has 0 aliphatic carbocycles. The van der Waals surface area contributed by atoms with Gasteiger partial charge in [0.1, 0.15) is 6.04 Å². The molecule has 0 aliphatic heterocycles. The normalized spacial score (nSPS) is 12.5. The first kappa shape index (κ1) is 7.83. The summed E-state index contributed by atoms with van der Waals surface area (Å²) in [6.07, 6.45) is 4.01. The first-order valence-corrected chi connectivity index (χ1v) is 3.49. The van der Waals surface area contributed by atoms with Crippen molar-refractivity contribution in [2.24, 2.45) is 5.73 Å². The molecule has 3 nitrogen and oxygen atoms in total. The van der Waals surface area contributed by atoms with E-state index in [1.807, 2.05) is 13.0 Å². The molecule has 1 atom stereocenters. The fraction of sp³-hybridized carbons (Fsp3) is 0.375. The fourth-order valence-corrected chi connectivity index (χ4v) is 0.963. The van der Waals surface area contributed by atoms with Gasteiger partial charge in [-0.2, -0.15) is 5.26 Å². The van der Waals surface area contributed by atoms with Gasteiger partial charge in [-0.05, 0) is 12.0 Å². The van der Waals surface area contributed by atoms with Crippen molar-refractivity contribution >= 4 is 0 Å². The van der Waals surface area contributed by atoms with E-state index in [1.54, 1.807) is 6.26 Å². The van der Waals surface area contributed by atoms with Gasteiger partial charge in [0.2, 0.25) is 0 Å². The summed E-state index contributed by atoms with van der Waals surface area (Å²) in [5.74, 6) is 0. The second kappa shape index (κ2) is 3.22. The molecule has 0 bridgehead atoms. The van der Waals surface area contributed by atoms with E-state index in [4.69, 9.17) is 15.4 Å². The maximum absolute atomic E-state index is 8.51. The molecule has 1 aromatic rings. The van der Waals surface area contributed by atoms with E-state index in [0.29, 0.717) is 0 Å². The molecule has 1 heterocycles. The van der Waals surface area contributed by atoms with Crippen molar-refractivity contribution in [3.05, 3.63) is 23.7 Å². The summed E-state index contributed by atoms with van der Waals surface area (Å²) in [5.41, 5.74) is 7.31. The monoisotopic (exact) mass is 150 g/mol. The summed E-state index contributed by atoms with van der Waals surface area (Å²) in [4.78, 5) is 0. The zero-order valence-electron chi connectivity index (χ0n) is 6.37. The number of aryl methyl sites for hydroxylation is 1. The largest absolute Gasteiger partial charge is 0.472 e. The Balaban J connectivity index is 2.94. The minimum atomic E-state index is -0.552. The van der Waals surface area contributed by atoms with Crippen LogP contribution in [-0.2, 0) is 6.42 Å². The van der Waals surface area contributed by atoms with Gasteiger partial charge in [-0.15, -0.1) is 0 Å². The second-order valence-corrected chi connectivity index (χ2v) is 2.31. The van der Waals surface area contributed by atoms with Crippen molar-refractivity contribution in [2.45, 2.75) is 19.4 Å². The topological polar surface area (TPSA) is 62.9 Å². The van der Waals surface area contributed by atoms with Crippen LogP contribution < -0.4 is 5.73 Å². The fourth-order valence-electron chi connectivity index (χ4n) is 0.963. The standard InChI is InChI=1S/C8H10N2O/c1-2-6-4-11-5-7(6)8(10)3-9/h4-5,8H,2,10H2,1H3. The molecule has 0 fully saturated rings. The summed E-state index contributed by atoms with van der Waals surface area (Å²) in [6.45, 7) is 2.00. The Kier molecular flexibility index (Phi) is 2.29. The summed E-state index contributed by atoms with van der Waals surface area (Å²) in [7, 11) is 0. The molecule has 0 amide bonds. The Labute approximate surface area is 65.4 Å². The minimum Gasteiger partial charge on any atom is -0.472 e. The van der Waals surface area contributed by atoms with Crippen LogP contribution in [0.2, 0.25) is 0 Å². The number of hydrogen-bond acceptors (Lipinski definition) is 3. The summed E-state index contributed by atoms with van der Waals surface area (Å²) < 4.78 is 4.93. The first-order chi connectivity index (χ1) is 5.29. The van der Waals surface area contributed by atoms with E-state index >= 15 is 0 Å². The Bertz CT molecular complexity index is 272. The van der Waals surface area contributed by atoms with E-state index in [2.05, 4.69) is 0 Å². The highest BCUT2D eigenvalue weighted by Crippen LogP contribution is 2.16. The molecule has 0 aromatic carbocycles. The van der Waals surface area contributed by atoms with Gasteiger partial charge in [-0.25, -0.2) is 0 Å². The molecule has 1 unspecified atom stereocenters. The maximum atomic E-state index is 8.51. The molecule has 1 aromatic heterocycles. The SMILES string of the molecule is CCc1cocc1C(N)C#N. The Morgan fingerprint density at radius 3 is 3.00 bits per heavy atom. The summed E-state index contributed by atoms with van der Waals surface area (Å²) in [5, 5.41) is 8.51. The van der Waals surface area contributed by atoms with Gasteiger partial charge >= 0.3 is 0 Å². The third-order valence-corrected chi connectivity index (χ3v) is 1.63. The van der Waals surface area contributed by atoms with Crippen molar-refractivity contribution in [1.29, 1.82) is 5.26 Å². The Morgan fingerprint density at radius 1 is 1.73 bits per heavy atom. The average Bonchev–Trinajstić information content (AvgIpc) is 2.50. The Morgan fingerprint density at radius 2 is 2.45 bits per heavy atom. The average molecular weight is 150 g/mol. The molecule has 1 rings (SSSR count). The van der Waals surface area contributed by atoms with Crippen molar-refractivity contribution in [3.63, 3.8) is 0 Å². The van der Waals surface area contributed by atoms with Gasteiger partial charge in [0, 0.05) is 5.56 Å². The van der Waals surface area contributed by atoms with Gasteiger partial charge in [-0.3, -0.25) is 0 Å². The molecular weight excluding hydrogens is 140 g/mol.